The van der Waals surface area contributed by atoms with Gasteiger partial charge in [0.2, 0.25) is 5.91 Å². The summed E-state index contributed by atoms with van der Waals surface area (Å²) in [5.41, 5.74) is 4.55. The van der Waals surface area contributed by atoms with Gasteiger partial charge in [-0.25, -0.2) is 4.68 Å². The van der Waals surface area contributed by atoms with Gasteiger partial charge in [0.15, 0.2) is 0 Å². The topological polar surface area (TPSA) is 63.3 Å². The van der Waals surface area contributed by atoms with E-state index in [-0.39, 0.29) is 12.5 Å². The first kappa shape index (κ1) is 20.6. The number of nitrogens with one attached hydrogen (secondary N) is 1. The van der Waals surface area contributed by atoms with Gasteiger partial charge < -0.3 is 9.73 Å². The summed E-state index contributed by atoms with van der Waals surface area (Å²) < 4.78 is 7.36. The number of hydrogen-bond donors (Lipinski definition) is 1. The SMILES string of the molecule is Cc1nn(-c2ccccc2)c(C)c1NC(=O)CN(Cc1ccccc1)Cc1ccco1. The van der Waals surface area contributed by atoms with Gasteiger partial charge in [-0.15, -0.1) is 0 Å². The van der Waals surface area contributed by atoms with E-state index in [0.29, 0.717) is 13.1 Å². The highest BCUT2D eigenvalue weighted by Crippen LogP contribution is 2.23. The molecule has 6 heteroatoms. The average molecular weight is 415 g/mol. The molecule has 0 unspecified atom stereocenters. The van der Waals surface area contributed by atoms with Crippen molar-refractivity contribution in [3.63, 3.8) is 0 Å². The van der Waals surface area contributed by atoms with Gasteiger partial charge in [-0.05, 0) is 43.7 Å². The van der Waals surface area contributed by atoms with Crippen LogP contribution in [0.1, 0.15) is 22.7 Å². The second-order valence-electron chi connectivity index (χ2n) is 7.55. The van der Waals surface area contributed by atoms with E-state index in [2.05, 4.69) is 27.4 Å². The summed E-state index contributed by atoms with van der Waals surface area (Å²) in [6, 6.07) is 23.8. The Hall–Kier alpha value is -3.64. The molecule has 1 amide bonds. The quantitative estimate of drug-likeness (QED) is 0.453. The van der Waals surface area contributed by atoms with E-state index >= 15 is 0 Å². The molecule has 0 atom stereocenters. The molecule has 0 aliphatic carbocycles. The molecule has 0 radical (unpaired) electrons. The lowest BCUT2D eigenvalue weighted by Gasteiger charge is -2.21. The van der Waals surface area contributed by atoms with Gasteiger partial charge in [0.05, 0.1) is 42.1 Å². The van der Waals surface area contributed by atoms with Crippen molar-refractivity contribution in [3.05, 3.63) is 102 Å². The van der Waals surface area contributed by atoms with Crippen LogP contribution >= 0.6 is 0 Å². The Morgan fingerprint density at radius 1 is 0.968 bits per heavy atom. The van der Waals surface area contributed by atoms with Crippen LogP contribution in [0.4, 0.5) is 5.69 Å². The number of anilines is 1. The third kappa shape index (κ3) is 5.10. The first-order chi connectivity index (χ1) is 15.1. The molecule has 0 saturated heterocycles. The van der Waals surface area contributed by atoms with Crippen molar-refractivity contribution in [2.45, 2.75) is 26.9 Å². The smallest absolute Gasteiger partial charge is 0.238 e. The number of para-hydroxylation sites is 1. The van der Waals surface area contributed by atoms with E-state index in [1.165, 1.54) is 0 Å². The molecule has 0 fully saturated rings. The van der Waals surface area contributed by atoms with Crippen LogP contribution in [0.25, 0.3) is 5.69 Å². The summed E-state index contributed by atoms with van der Waals surface area (Å²) in [6.07, 6.45) is 1.65. The number of carbonyl (C=O) groups is 1. The van der Waals surface area contributed by atoms with Crippen molar-refractivity contribution >= 4 is 11.6 Å². The molecule has 0 aliphatic heterocycles. The normalized spacial score (nSPS) is 11.1. The lowest BCUT2D eigenvalue weighted by atomic mass is 10.2. The summed E-state index contributed by atoms with van der Waals surface area (Å²) in [5, 5.41) is 7.68. The second-order valence-corrected chi connectivity index (χ2v) is 7.55. The van der Waals surface area contributed by atoms with Crippen LogP contribution in [0.15, 0.2) is 83.5 Å². The van der Waals surface area contributed by atoms with Gasteiger partial charge in [-0.3, -0.25) is 9.69 Å². The minimum Gasteiger partial charge on any atom is -0.468 e. The highest BCUT2D eigenvalue weighted by molar-refractivity contribution is 5.93. The third-order valence-electron chi connectivity index (χ3n) is 5.13. The maximum Gasteiger partial charge on any atom is 0.238 e. The third-order valence-corrected chi connectivity index (χ3v) is 5.13. The van der Waals surface area contributed by atoms with Crippen LogP contribution in [-0.4, -0.2) is 27.1 Å². The van der Waals surface area contributed by atoms with Crippen molar-refractivity contribution in [3.8, 4) is 5.69 Å². The lowest BCUT2D eigenvalue weighted by Crippen LogP contribution is -2.32. The highest BCUT2D eigenvalue weighted by atomic mass is 16.3. The molecule has 2 aromatic heterocycles. The van der Waals surface area contributed by atoms with E-state index in [4.69, 9.17) is 4.42 Å². The molecule has 6 nitrogen and oxygen atoms in total. The van der Waals surface area contributed by atoms with E-state index < -0.39 is 0 Å². The molecule has 0 spiro atoms. The molecule has 0 bridgehead atoms. The number of carbonyl (C=O) groups excluding carboxylic acids is 1. The molecule has 1 N–H and O–H groups in total. The molecule has 0 aliphatic rings. The van der Waals surface area contributed by atoms with Crippen LogP contribution < -0.4 is 5.32 Å². The van der Waals surface area contributed by atoms with Gasteiger partial charge in [0.1, 0.15) is 5.76 Å². The van der Waals surface area contributed by atoms with Gasteiger partial charge >= 0.3 is 0 Å². The number of amides is 1. The number of aryl methyl sites for hydroxylation is 1. The molecule has 0 saturated carbocycles. The van der Waals surface area contributed by atoms with E-state index in [9.17, 15) is 4.79 Å². The molecular weight excluding hydrogens is 388 g/mol. The number of hydrogen-bond acceptors (Lipinski definition) is 4. The Kier molecular flexibility index (Phi) is 6.29. The van der Waals surface area contributed by atoms with Crippen molar-refractivity contribution in [1.82, 2.24) is 14.7 Å². The fourth-order valence-electron chi connectivity index (χ4n) is 3.66. The summed E-state index contributed by atoms with van der Waals surface area (Å²) >= 11 is 0. The Balaban J connectivity index is 1.49. The van der Waals surface area contributed by atoms with Gasteiger partial charge in [0, 0.05) is 6.54 Å². The Morgan fingerprint density at radius 3 is 2.35 bits per heavy atom. The second kappa shape index (κ2) is 9.45. The largest absolute Gasteiger partial charge is 0.468 e. The predicted octanol–water partition coefficient (Wildman–Crippen LogP) is 4.72. The van der Waals surface area contributed by atoms with Gasteiger partial charge in [0.25, 0.3) is 0 Å². The number of aromatic nitrogens is 2. The fraction of sp³-hybridized carbons (Fsp3) is 0.200. The molecule has 4 aromatic rings. The summed E-state index contributed by atoms with van der Waals surface area (Å²) in [4.78, 5) is 15.0. The van der Waals surface area contributed by atoms with Gasteiger partial charge in [-0.2, -0.15) is 5.10 Å². The maximum absolute atomic E-state index is 13.0. The zero-order valence-electron chi connectivity index (χ0n) is 17.8. The minimum atomic E-state index is -0.0821. The molecule has 2 aromatic carbocycles. The maximum atomic E-state index is 13.0. The number of benzene rings is 2. The zero-order chi connectivity index (χ0) is 21.6. The van der Waals surface area contributed by atoms with E-state index in [1.54, 1.807) is 6.26 Å². The van der Waals surface area contributed by atoms with E-state index in [1.807, 2.05) is 79.2 Å². The van der Waals surface area contributed by atoms with E-state index in [0.717, 1.165) is 34.1 Å². The minimum absolute atomic E-state index is 0.0821. The highest BCUT2D eigenvalue weighted by Gasteiger charge is 2.18. The summed E-state index contributed by atoms with van der Waals surface area (Å²) in [5.74, 6) is 0.745. The van der Waals surface area contributed by atoms with Gasteiger partial charge in [-0.1, -0.05) is 48.5 Å². The standard InChI is InChI=1S/C25H26N4O2/c1-19-25(20(2)29(27-19)22-12-7-4-8-13-22)26-24(30)18-28(17-23-14-9-15-31-23)16-21-10-5-3-6-11-21/h3-15H,16-18H2,1-2H3,(H,26,30). The van der Waals surface area contributed by atoms with Crippen LogP contribution in [0.2, 0.25) is 0 Å². The average Bonchev–Trinajstić information content (AvgIpc) is 3.38. The summed E-state index contributed by atoms with van der Waals surface area (Å²) in [6.45, 7) is 5.32. The van der Waals surface area contributed by atoms with Crippen molar-refractivity contribution in [2.75, 3.05) is 11.9 Å². The van der Waals surface area contributed by atoms with Crippen molar-refractivity contribution in [2.24, 2.45) is 0 Å². The predicted molar refractivity (Wildman–Crippen MR) is 121 cm³/mol. The summed E-state index contributed by atoms with van der Waals surface area (Å²) in [7, 11) is 0. The number of nitrogens with zero attached hydrogens (tertiary/aromatic N) is 3. The molecular formula is C25H26N4O2. The molecule has 31 heavy (non-hydrogen) atoms. The first-order valence-corrected chi connectivity index (χ1v) is 10.3. The zero-order valence-corrected chi connectivity index (χ0v) is 17.8. The lowest BCUT2D eigenvalue weighted by molar-refractivity contribution is -0.117. The monoisotopic (exact) mass is 414 g/mol. The Labute approximate surface area is 182 Å². The molecule has 2 heterocycles. The van der Waals surface area contributed by atoms with Crippen LogP contribution in [0, 0.1) is 13.8 Å². The fourth-order valence-corrected chi connectivity index (χ4v) is 3.66. The van der Waals surface area contributed by atoms with Crippen LogP contribution in [-0.2, 0) is 17.9 Å². The van der Waals surface area contributed by atoms with Crippen molar-refractivity contribution < 1.29 is 9.21 Å². The molecule has 4 rings (SSSR count). The number of furan rings is 1. The first-order valence-electron chi connectivity index (χ1n) is 10.3. The Bertz CT molecular complexity index is 1120. The van der Waals surface area contributed by atoms with Crippen LogP contribution in [0.5, 0.6) is 0 Å². The molecule has 158 valence electrons. The van der Waals surface area contributed by atoms with Crippen molar-refractivity contribution in [1.29, 1.82) is 0 Å². The Morgan fingerprint density at radius 2 is 1.68 bits per heavy atom. The number of rotatable bonds is 8. The van der Waals surface area contributed by atoms with Crippen LogP contribution in [0.3, 0.4) is 0 Å².